The number of ether oxygens (including phenoxy) is 1. The third kappa shape index (κ3) is 3.91. The van der Waals surface area contributed by atoms with E-state index in [1.165, 1.54) is 12.1 Å². The van der Waals surface area contributed by atoms with Gasteiger partial charge >= 0.3 is 0 Å². The molecule has 0 bridgehead atoms. The van der Waals surface area contributed by atoms with E-state index in [0.717, 1.165) is 5.56 Å². The number of carbonyl (C=O) groups excluding carboxylic acids is 2. The van der Waals surface area contributed by atoms with E-state index < -0.39 is 0 Å². The summed E-state index contributed by atoms with van der Waals surface area (Å²) in [4.78, 5) is 27.7. The summed E-state index contributed by atoms with van der Waals surface area (Å²) in [6.45, 7) is 4.45. The van der Waals surface area contributed by atoms with Gasteiger partial charge in [-0.3, -0.25) is 9.59 Å². The largest absolute Gasteiger partial charge is 0.367 e. The molecule has 1 aromatic rings. The van der Waals surface area contributed by atoms with Gasteiger partial charge in [-0.15, -0.1) is 0 Å². The number of nitrogens with zero attached hydrogens (tertiary/aromatic N) is 2. The van der Waals surface area contributed by atoms with E-state index in [2.05, 4.69) is 5.32 Å². The van der Waals surface area contributed by atoms with Crippen LogP contribution in [0.1, 0.15) is 18.6 Å². The monoisotopic (exact) mass is 335 g/mol. The number of benzene rings is 1. The second-order valence-electron chi connectivity index (χ2n) is 6.28. The van der Waals surface area contributed by atoms with E-state index in [0.29, 0.717) is 26.2 Å². The van der Waals surface area contributed by atoms with Gasteiger partial charge in [0.1, 0.15) is 11.9 Å². The highest BCUT2D eigenvalue weighted by Crippen LogP contribution is 2.25. The molecule has 0 spiro atoms. The number of nitrogens with one attached hydrogen (secondary N) is 1. The second-order valence-corrected chi connectivity index (χ2v) is 6.28. The maximum atomic E-state index is 13.1. The summed E-state index contributed by atoms with van der Waals surface area (Å²) in [6, 6.07) is 6.15. The summed E-state index contributed by atoms with van der Waals surface area (Å²) in [5.41, 5.74) is 0.846. The topological polar surface area (TPSA) is 61.9 Å². The van der Waals surface area contributed by atoms with Gasteiger partial charge in [0, 0.05) is 19.6 Å². The number of halogens is 1. The van der Waals surface area contributed by atoms with Crippen LogP contribution in [-0.4, -0.2) is 67.0 Å². The minimum Gasteiger partial charge on any atom is -0.367 e. The quantitative estimate of drug-likeness (QED) is 0.876. The number of carbonyl (C=O) groups is 2. The van der Waals surface area contributed by atoms with Crippen LogP contribution in [0.25, 0.3) is 0 Å². The average molecular weight is 335 g/mol. The molecule has 130 valence electrons. The molecule has 2 heterocycles. The van der Waals surface area contributed by atoms with Crippen molar-refractivity contribution in [3.63, 3.8) is 0 Å². The first-order valence-electron chi connectivity index (χ1n) is 8.20. The van der Waals surface area contributed by atoms with E-state index in [9.17, 15) is 14.0 Å². The summed E-state index contributed by atoms with van der Waals surface area (Å²) in [7, 11) is 0. The van der Waals surface area contributed by atoms with Gasteiger partial charge in [0.15, 0.2) is 0 Å². The molecule has 0 aliphatic carbocycles. The van der Waals surface area contributed by atoms with Crippen molar-refractivity contribution in [2.75, 3.05) is 39.3 Å². The van der Waals surface area contributed by atoms with E-state index in [1.807, 2.05) is 6.92 Å². The summed E-state index contributed by atoms with van der Waals surface area (Å²) in [5.74, 6) is -0.425. The van der Waals surface area contributed by atoms with Crippen molar-refractivity contribution in [1.29, 1.82) is 0 Å². The van der Waals surface area contributed by atoms with Gasteiger partial charge in [-0.25, -0.2) is 4.39 Å². The zero-order chi connectivity index (χ0) is 17.1. The Morgan fingerprint density at radius 2 is 2.08 bits per heavy atom. The maximum Gasteiger partial charge on any atom is 0.242 e. The van der Waals surface area contributed by atoms with Gasteiger partial charge in [0.05, 0.1) is 25.7 Å². The van der Waals surface area contributed by atoms with Gasteiger partial charge in [-0.2, -0.15) is 0 Å². The number of rotatable bonds is 3. The van der Waals surface area contributed by atoms with E-state index in [1.54, 1.807) is 21.9 Å². The predicted molar refractivity (Wildman–Crippen MR) is 85.7 cm³/mol. The van der Waals surface area contributed by atoms with Crippen LogP contribution in [0.5, 0.6) is 0 Å². The Morgan fingerprint density at radius 1 is 1.33 bits per heavy atom. The van der Waals surface area contributed by atoms with Gasteiger partial charge < -0.3 is 19.9 Å². The minimum atomic E-state index is -0.298. The fourth-order valence-electron chi connectivity index (χ4n) is 3.09. The van der Waals surface area contributed by atoms with Crippen molar-refractivity contribution in [2.24, 2.45) is 0 Å². The van der Waals surface area contributed by atoms with E-state index in [-0.39, 0.29) is 42.9 Å². The van der Waals surface area contributed by atoms with Crippen LogP contribution in [0.15, 0.2) is 24.3 Å². The smallest absolute Gasteiger partial charge is 0.242 e. The Morgan fingerprint density at radius 3 is 2.79 bits per heavy atom. The van der Waals surface area contributed by atoms with Crippen molar-refractivity contribution in [2.45, 2.75) is 19.1 Å². The number of piperazine rings is 1. The molecule has 1 aromatic carbocycles. The highest BCUT2D eigenvalue weighted by molar-refractivity contribution is 5.86. The molecular weight excluding hydrogens is 313 g/mol. The lowest BCUT2D eigenvalue weighted by atomic mass is 10.1. The van der Waals surface area contributed by atoms with Crippen molar-refractivity contribution in [3.05, 3.63) is 35.6 Å². The first kappa shape index (κ1) is 16.9. The predicted octanol–water partition coefficient (Wildman–Crippen LogP) is 0.546. The molecule has 24 heavy (non-hydrogen) atoms. The third-order valence-electron chi connectivity index (χ3n) is 4.37. The molecule has 1 N–H and O–H groups in total. The summed E-state index contributed by atoms with van der Waals surface area (Å²) in [5, 5.41) is 2.99. The lowest BCUT2D eigenvalue weighted by molar-refractivity contribution is -0.150. The molecule has 2 atom stereocenters. The Bertz CT molecular complexity index is 608. The molecule has 0 radical (unpaired) electrons. The van der Waals surface area contributed by atoms with Crippen LogP contribution in [0.4, 0.5) is 4.39 Å². The van der Waals surface area contributed by atoms with Crippen molar-refractivity contribution in [3.8, 4) is 0 Å². The molecule has 7 heteroatoms. The zero-order valence-corrected chi connectivity index (χ0v) is 13.7. The second kappa shape index (κ2) is 7.27. The molecule has 2 aliphatic rings. The number of morpholine rings is 1. The Balaban J connectivity index is 1.65. The van der Waals surface area contributed by atoms with Crippen molar-refractivity contribution >= 4 is 11.8 Å². The summed E-state index contributed by atoms with van der Waals surface area (Å²) in [6.07, 6.45) is -0.395. The third-order valence-corrected chi connectivity index (χ3v) is 4.37. The molecule has 0 aromatic heterocycles. The zero-order valence-electron chi connectivity index (χ0n) is 13.7. The lowest BCUT2D eigenvalue weighted by Gasteiger charge is -2.38. The maximum absolute atomic E-state index is 13.1. The lowest BCUT2D eigenvalue weighted by Crippen LogP contribution is -2.54. The molecule has 2 saturated heterocycles. The molecule has 6 nitrogen and oxygen atoms in total. The molecule has 2 aliphatic heterocycles. The van der Waals surface area contributed by atoms with E-state index >= 15 is 0 Å². The Hall–Kier alpha value is -1.99. The van der Waals surface area contributed by atoms with Crippen LogP contribution in [0.2, 0.25) is 0 Å². The standard InChI is InChI=1S/C17H22FN3O3/c1-12-9-21(17(23)11-20-7-6-19-8-16(20)22)10-15(24-12)13-2-4-14(18)5-3-13/h2-5,12,15,19H,6-11H2,1H3/t12-,15-/m0/s1. The van der Waals surface area contributed by atoms with Gasteiger partial charge in [-0.1, -0.05) is 12.1 Å². The Labute approximate surface area is 140 Å². The Kier molecular flexibility index (Phi) is 5.11. The summed E-state index contributed by atoms with van der Waals surface area (Å²) < 4.78 is 19.0. The highest BCUT2D eigenvalue weighted by atomic mass is 19.1. The minimum absolute atomic E-state index is 0.0500. The van der Waals surface area contributed by atoms with Crippen molar-refractivity contribution < 1.29 is 18.7 Å². The number of hydrogen-bond acceptors (Lipinski definition) is 4. The molecule has 3 rings (SSSR count). The summed E-state index contributed by atoms with van der Waals surface area (Å²) >= 11 is 0. The fourth-order valence-corrected chi connectivity index (χ4v) is 3.09. The van der Waals surface area contributed by atoms with E-state index in [4.69, 9.17) is 4.74 Å². The molecule has 0 unspecified atom stereocenters. The van der Waals surface area contributed by atoms with Crippen LogP contribution >= 0.6 is 0 Å². The fraction of sp³-hybridized carbons (Fsp3) is 0.529. The first-order valence-corrected chi connectivity index (χ1v) is 8.20. The van der Waals surface area contributed by atoms with Gasteiger partial charge in [-0.05, 0) is 24.6 Å². The number of amides is 2. The van der Waals surface area contributed by atoms with Crippen LogP contribution in [0.3, 0.4) is 0 Å². The van der Waals surface area contributed by atoms with Crippen LogP contribution in [-0.2, 0) is 14.3 Å². The molecular formula is C17H22FN3O3. The first-order chi connectivity index (χ1) is 11.5. The molecule has 2 amide bonds. The van der Waals surface area contributed by atoms with Gasteiger partial charge in [0.2, 0.25) is 11.8 Å². The average Bonchev–Trinajstić information content (AvgIpc) is 2.57. The number of hydrogen-bond donors (Lipinski definition) is 1. The van der Waals surface area contributed by atoms with Crippen molar-refractivity contribution in [1.82, 2.24) is 15.1 Å². The SMILES string of the molecule is C[C@H]1CN(C(=O)CN2CCNCC2=O)C[C@@H](c2ccc(F)cc2)O1. The highest BCUT2D eigenvalue weighted by Gasteiger charge is 2.31. The van der Waals surface area contributed by atoms with Crippen LogP contribution in [0, 0.1) is 5.82 Å². The normalized spacial score (nSPS) is 25.0. The molecule has 2 fully saturated rings. The van der Waals surface area contributed by atoms with Gasteiger partial charge in [0.25, 0.3) is 0 Å². The molecule has 0 saturated carbocycles. The van der Waals surface area contributed by atoms with Crippen LogP contribution < -0.4 is 5.32 Å².